The van der Waals surface area contributed by atoms with Crippen molar-refractivity contribution in [3.05, 3.63) is 23.2 Å². The van der Waals surface area contributed by atoms with Gasteiger partial charge in [0.1, 0.15) is 5.75 Å². The first kappa shape index (κ1) is 17.3. The summed E-state index contributed by atoms with van der Waals surface area (Å²) in [6, 6.07) is 4.97. The third-order valence-electron chi connectivity index (χ3n) is 2.71. The fourth-order valence-corrected chi connectivity index (χ4v) is 1.81. The van der Waals surface area contributed by atoms with Crippen LogP contribution in [0, 0.1) is 0 Å². The van der Waals surface area contributed by atoms with Crippen molar-refractivity contribution in [1.29, 1.82) is 0 Å². The van der Waals surface area contributed by atoms with Gasteiger partial charge in [-0.15, -0.1) is 0 Å². The molecule has 1 rings (SSSR count). The van der Waals surface area contributed by atoms with Crippen molar-refractivity contribution in [2.75, 3.05) is 32.6 Å². The van der Waals surface area contributed by atoms with Gasteiger partial charge in [-0.25, -0.2) is 0 Å². The van der Waals surface area contributed by atoms with Gasteiger partial charge in [-0.3, -0.25) is 9.59 Å². The van der Waals surface area contributed by atoms with Crippen molar-refractivity contribution in [2.24, 2.45) is 0 Å². The van der Waals surface area contributed by atoms with Gasteiger partial charge in [-0.1, -0.05) is 11.6 Å². The summed E-state index contributed by atoms with van der Waals surface area (Å²) in [5.41, 5.74) is 0.511. The van der Waals surface area contributed by atoms with Crippen LogP contribution in [0.25, 0.3) is 0 Å². The molecule has 0 fully saturated rings. The van der Waals surface area contributed by atoms with Crippen LogP contribution >= 0.6 is 11.6 Å². The summed E-state index contributed by atoms with van der Waals surface area (Å²) >= 11 is 5.88. The lowest BCUT2D eigenvalue weighted by molar-refractivity contribution is -0.121. The highest BCUT2D eigenvalue weighted by atomic mass is 35.5. The first-order valence-corrected chi connectivity index (χ1v) is 6.99. The number of hydrogen-bond donors (Lipinski definition) is 3. The first-order valence-electron chi connectivity index (χ1n) is 6.61. The zero-order chi connectivity index (χ0) is 15.7. The van der Waals surface area contributed by atoms with Crippen LogP contribution in [0.15, 0.2) is 18.2 Å². The second-order valence-corrected chi connectivity index (χ2v) is 4.78. The Labute approximate surface area is 129 Å². The Morgan fingerprint density at radius 3 is 2.57 bits per heavy atom. The molecule has 2 amide bonds. The van der Waals surface area contributed by atoms with E-state index in [1.54, 1.807) is 25.2 Å². The lowest BCUT2D eigenvalue weighted by Gasteiger charge is -2.11. The molecule has 0 saturated carbocycles. The van der Waals surface area contributed by atoms with Crippen LogP contribution in [0.2, 0.25) is 5.02 Å². The molecule has 0 aliphatic carbocycles. The summed E-state index contributed by atoms with van der Waals surface area (Å²) in [5.74, 6) is 0.229. The van der Waals surface area contributed by atoms with Gasteiger partial charge in [0.15, 0.2) is 0 Å². The number of amides is 2. The lowest BCUT2D eigenvalue weighted by atomic mass is 10.2. The highest BCUT2D eigenvalue weighted by molar-refractivity contribution is 6.31. The molecule has 0 atom stereocenters. The molecule has 3 N–H and O–H groups in total. The van der Waals surface area contributed by atoms with Crippen molar-refractivity contribution in [3.8, 4) is 5.75 Å². The molecule has 1 aromatic rings. The largest absolute Gasteiger partial charge is 0.495 e. The van der Waals surface area contributed by atoms with Crippen molar-refractivity contribution in [1.82, 2.24) is 10.6 Å². The molecule has 116 valence electrons. The molecule has 0 radical (unpaired) electrons. The minimum absolute atomic E-state index is 0.0857. The summed E-state index contributed by atoms with van der Waals surface area (Å²) in [6.07, 6.45) is 0.571. The van der Waals surface area contributed by atoms with E-state index in [0.29, 0.717) is 29.4 Å². The molecule has 7 heteroatoms. The van der Waals surface area contributed by atoms with E-state index in [1.165, 1.54) is 7.11 Å². The predicted molar refractivity (Wildman–Crippen MR) is 82.8 cm³/mol. The average Bonchev–Trinajstić information content (AvgIpc) is 2.45. The van der Waals surface area contributed by atoms with Gasteiger partial charge >= 0.3 is 0 Å². The Morgan fingerprint density at radius 1 is 1.19 bits per heavy atom. The molecule has 0 heterocycles. The fraction of sp³-hybridized carbons (Fsp3) is 0.429. The van der Waals surface area contributed by atoms with Crippen molar-refractivity contribution in [2.45, 2.75) is 12.8 Å². The van der Waals surface area contributed by atoms with E-state index in [0.717, 1.165) is 0 Å². The van der Waals surface area contributed by atoms with E-state index < -0.39 is 0 Å². The Bertz CT molecular complexity index is 494. The van der Waals surface area contributed by atoms with E-state index in [-0.39, 0.29) is 24.8 Å². The second-order valence-electron chi connectivity index (χ2n) is 4.35. The molecule has 0 unspecified atom stereocenters. The minimum Gasteiger partial charge on any atom is -0.495 e. The standard InChI is InChI=1S/C14H20ClN3O3/c1-16-7-5-13(19)17-8-6-14(20)18-11-9-10(15)3-4-12(11)21-2/h3-4,9,16H,5-8H2,1-2H3,(H,17,19)(H,18,20). The molecule has 0 bridgehead atoms. The van der Waals surface area contributed by atoms with E-state index >= 15 is 0 Å². The molecule has 0 aliphatic heterocycles. The second kappa shape index (κ2) is 9.20. The fourth-order valence-electron chi connectivity index (χ4n) is 1.63. The number of benzene rings is 1. The smallest absolute Gasteiger partial charge is 0.226 e. The Kier molecular flexibility index (Phi) is 7.56. The van der Waals surface area contributed by atoms with E-state index in [9.17, 15) is 9.59 Å². The number of hydrogen-bond acceptors (Lipinski definition) is 4. The lowest BCUT2D eigenvalue weighted by Crippen LogP contribution is -2.29. The highest BCUT2D eigenvalue weighted by Gasteiger charge is 2.09. The van der Waals surface area contributed by atoms with E-state index in [1.807, 2.05) is 0 Å². The summed E-state index contributed by atoms with van der Waals surface area (Å²) < 4.78 is 5.14. The summed E-state index contributed by atoms with van der Waals surface area (Å²) in [6.45, 7) is 0.898. The van der Waals surface area contributed by atoms with Crippen LogP contribution in [0.4, 0.5) is 5.69 Å². The SMILES string of the molecule is CNCCC(=O)NCCC(=O)Nc1cc(Cl)ccc1OC. The van der Waals surface area contributed by atoms with Gasteiger partial charge in [-0.05, 0) is 25.2 Å². The molecule has 21 heavy (non-hydrogen) atoms. The van der Waals surface area contributed by atoms with Gasteiger partial charge in [-0.2, -0.15) is 0 Å². The maximum Gasteiger partial charge on any atom is 0.226 e. The minimum atomic E-state index is -0.218. The monoisotopic (exact) mass is 313 g/mol. The zero-order valence-electron chi connectivity index (χ0n) is 12.2. The van der Waals surface area contributed by atoms with Crippen LogP contribution < -0.4 is 20.7 Å². The number of anilines is 1. The summed E-state index contributed by atoms with van der Waals surface area (Å²) in [7, 11) is 3.29. The molecule has 0 aliphatic rings. The van der Waals surface area contributed by atoms with Crippen LogP contribution in [0.3, 0.4) is 0 Å². The summed E-state index contributed by atoms with van der Waals surface area (Å²) in [5, 5.41) is 8.77. The van der Waals surface area contributed by atoms with Crippen LogP contribution in [0.1, 0.15) is 12.8 Å². The molecule has 0 saturated heterocycles. The first-order chi connectivity index (χ1) is 10.1. The van der Waals surface area contributed by atoms with Crippen molar-refractivity contribution in [3.63, 3.8) is 0 Å². The molecular formula is C14H20ClN3O3. The Balaban J connectivity index is 2.40. The number of halogens is 1. The van der Waals surface area contributed by atoms with Gasteiger partial charge in [0.2, 0.25) is 11.8 Å². The van der Waals surface area contributed by atoms with Gasteiger partial charge in [0.25, 0.3) is 0 Å². The Hall–Kier alpha value is -1.79. The molecular weight excluding hydrogens is 294 g/mol. The number of rotatable bonds is 8. The average molecular weight is 314 g/mol. The number of ether oxygens (including phenoxy) is 1. The molecule has 1 aromatic carbocycles. The normalized spacial score (nSPS) is 10.0. The topological polar surface area (TPSA) is 79.5 Å². The Morgan fingerprint density at radius 2 is 1.90 bits per heavy atom. The molecule has 0 spiro atoms. The van der Waals surface area contributed by atoms with Crippen LogP contribution in [-0.2, 0) is 9.59 Å². The predicted octanol–water partition coefficient (Wildman–Crippen LogP) is 1.40. The van der Waals surface area contributed by atoms with Gasteiger partial charge in [0, 0.05) is 31.0 Å². The third kappa shape index (κ3) is 6.46. The van der Waals surface area contributed by atoms with Crippen molar-refractivity contribution < 1.29 is 14.3 Å². The third-order valence-corrected chi connectivity index (χ3v) is 2.95. The van der Waals surface area contributed by atoms with Gasteiger partial charge in [0.05, 0.1) is 12.8 Å². The van der Waals surface area contributed by atoms with E-state index in [4.69, 9.17) is 16.3 Å². The highest BCUT2D eigenvalue weighted by Crippen LogP contribution is 2.27. The zero-order valence-corrected chi connectivity index (χ0v) is 12.9. The van der Waals surface area contributed by atoms with Crippen LogP contribution in [0.5, 0.6) is 5.75 Å². The quantitative estimate of drug-likeness (QED) is 0.678. The number of nitrogens with one attached hydrogen (secondary N) is 3. The number of methoxy groups -OCH3 is 1. The number of carbonyl (C=O) groups excluding carboxylic acids is 2. The maximum atomic E-state index is 11.8. The van der Waals surface area contributed by atoms with E-state index in [2.05, 4.69) is 16.0 Å². The molecule has 0 aromatic heterocycles. The summed E-state index contributed by atoms with van der Waals surface area (Å²) in [4.78, 5) is 23.2. The van der Waals surface area contributed by atoms with Crippen molar-refractivity contribution >= 4 is 29.1 Å². The maximum absolute atomic E-state index is 11.8. The van der Waals surface area contributed by atoms with Crippen LogP contribution in [-0.4, -0.2) is 39.1 Å². The number of carbonyl (C=O) groups is 2. The molecule has 6 nitrogen and oxygen atoms in total. The van der Waals surface area contributed by atoms with Gasteiger partial charge < -0.3 is 20.7 Å².